The van der Waals surface area contributed by atoms with Crippen molar-refractivity contribution in [1.82, 2.24) is 4.90 Å². The van der Waals surface area contributed by atoms with E-state index >= 15 is 0 Å². The summed E-state index contributed by atoms with van der Waals surface area (Å²) >= 11 is 6.70. The molecule has 7 nitrogen and oxygen atoms in total. The molecule has 1 aromatic heterocycles. The number of thioether (sulfide) groups is 1. The smallest absolute Gasteiger partial charge is 0.341 e. The lowest BCUT2D eigenvalue weighted by Crippen LogP contribution is -2.27. The summed E-state index contributed by atoms with van der Waals surface area (Å²) in [7, 11) is 0. The molecule has 0 N–H and O–H groups in total. The Morgan fingerprint density at radius 2 is 1.78 bits per heavy atom. The average molecular weight is 522 g/mol. The van der Waals surface area contributed by atoms with Gasteiger partial charge in [0.05, 0.1) is 17.0 Å². The molecule has 9 heteroatoms. The van der Waals surface area contributed by atoms with Crippen molar-refractivity contribution in [3.05, 3.63) is 94.6 Å². The van der Waals surface area contributed by atoms with Crippen LogP contribution in [-0.4, -0.2) is 33.4 Å². The standard InChI is InChI=1S/C27H23NO6S2/c1-17(29)32-18(2)33-26(31)21-10-8-20(9-11-21)23-14-12-22(34-23)13-15-24-25(30)28(27(35)36-24)16-19-6-4-3-5-7-19/h3-12,14-15,18H,13,16H2,1-2H3/b24-15+. The largest absolute Gasteiger partial charge is 0.461 e. The van der Waals surface area contributed by atoms with E-state index in [1.807, 2.05) is 48.5 Å². The number of ether oxygens (including phenoxy) is 2. The number of amides is 1. The van der Waals surface area contributed by atoms with E-state index in [0.29, 0.717) is 39.3 Å². The minimum atomic E-state index is -0.971. The third-order valence-electron chi connectivity index (χ3n) is 5.22. The summed E-state index contributed by atoms with van der Waals surface area (Å²) in [5.41, 5.74) is 2.12. The number of rotatable bonds is 8. The predicted octanol–water partition coefficient (Wildman–Crippen LogP) is 5.50. The molecule has 3 aromatic rings. The Bertz CT molecular complexity index is 1310. The van der Waals surface area contributed by atoms with Crippen LogP contribution < -0.4 is 0 Å². The molecule has 1 fully saturated rings. The summed E-state index contributed by atoms with van der Waals surface area (Å²) in [5, 5.41) is 0. The van der Waals surface area contributed by atoms with Gasteiger partial charge in [-0.15, -0.1) is 0 Å². The third kappa shape index (κ3) is 6.30. The summed E-state index contributed by atoms with van der Waals surface area (Å²) in [5.74, 6) is 0.0874. The Labute approximate surface area is 218 Å². The lowest BCUT2D eigenvalue weighted by molar-refractivity contribution is -0.162. The fourth-order valence-corrected chi connectivity index (χ4v) is 4.75. The Morgan fingerprint density at radius 1 is 1.06 bits per heavy atom. The minimum Gasteiger partial charge on any atom is -0.461 e. The quantitative estimate of drug-likeness (QED) is 0.166. The van der Waals surface area contributed by atoms with Gasteiger partial charge in [-0.05, 0) is 29.8 Å². The zero-order valence-electron chi connectivity index (χ0n) is 19.6. The Hall–Kier alpha value is -3.69. The van der Waals surface area contributed by atoms with Crippen LogP contribution in [0.25, 0.3) is 11.3 Å². The highest BCUT2D eigenvalue weighted by Crippen LogP contribution is 2.33. The lowest BCUT2D eigenvalue weighted by Gasteiger charge is -2.14. The second kappa shape index (κ2) is 11.4. The first-order valence-corrected chi connectivity index (χ1v) is 12.4. The molecule has 4 rings (SSSR count). The number of allylic oxidation sites excluding steroid dienone is 1. The minimum absolute atomic E-state index is 0.105. The molecule has 36 heavy (non-hydrogen) atoms. The fraction of sp³-hybridized carbons (Fsp3) is 0.185. The Morgan fingerprint density at radius 3 is 2.47 bits per heavy atom. The van der Waals surface area contributed by atoms with Crippen molar-refractivity contribution in [1.29, 1.82) is 0 Å². The number of hydrogen-bond donors (Lipinski definition) is 0. The van der Waals surface area contributed by atoms with E-state index in [4.69, 9.17) is 26.1 Å². The molecule has 0 radical (unpaired) electrons. The molecule has 0 saturated carbocycles. The summed E-state index contributed by atoms with van der Waals surface area (Å²) in [6, 6.07) is 20.1. The third-order valence-corrected chi connectivity index (χ3v) is 6.64. The molecular formula is C27H23NO6S2. The van der Waals surface area contributed by atoms with Gasteiger partial charge in [0.1, 0.15) is 15.8 Å². The second-order valence-corrected chi connectivity index (χ2v) is 9.62. The van der Waals surface area contributed by atoms with Crippen LogP contribution in [0.15, 0.2) is 82.1 Å². The predicted molar refractivity (Wildman–Crippen MR) is 140 cm³/mol. The van der Waals surface area contributed by atoms with Gasteiger partial charge in [0.25, 0.3) is 5.91 Å². The van der Waals surface area contributed by atoms with Gasteiger partial charge in [-0.1, -0.05) is 72.5 Å². The highest BCUT2D eigenvalue weighted by molar-refractivity contribution is 8.26. The summed E-state index contributed by atoms with van der Waals surface area (Å²) in [6.07, 6.45) is 1.30. The van der Waals surface area contributed by atoms with Crippen LogP contribution in [-0.2, 0) is 32.0 Å². The van der Waals surface area contributed by atoms with Crippen LogP contribution >= 0.6 is 24.0 Å². The molecule has 0 aliphatic carbocycles. The maximum Gasteiger partial charge on any atom is 0.341 e. The van der Waals surface area contributed by atoms with Gasteiger partial charge in [-0.25, -0.2) is 4.79 Å². The van der Waals surface area contributed by atoms with Crippen molar-refractivity contribution in [2.75, 3.05) is 0 Å². The Balaban J connectivity index is 1.36. The van der Waals surface area contributed by atoms with Crippen molar-refractivity contribution < 1.29 is 28.3 Å². The van der Waals surface area contributed by atoms with Crippen LogP contribution in [0, 0.1) is 0 Å². The molecule has 1 saturated heterocycles. The van der Waals surface area contributed by atoms with Gasteiger partial charge in [0.2, 0.25) is 6.29 Å². The van der Waals surface area contributed by atoms with Crippen molar-refractivity contribution in [3.8, 4) is 11.3 Å². The second-order valence-electron chi connectivity index (χ2n) is 7.94. The average Bonchev–Trinajstić information content (AvgIpc) is 3.43. The van der Waals surface area contributed by atoms with Crippen LogP contribution in [0.3, 0.4) is 0 Å². The first-order valence-electron chi connectivity index (χ1n) is 11.2. The SMILES string of the molecule is CC(=O)OC(C)OC(=O)c1ccc(-c2ccc(C/C=C3/SC(=S)N(Cc4ccccc4)C3=O)o2)cc1. The van der Waals surface area contributed by atoms with Crippen LogP contribution in [0.4, 0.5) is 0 Å². The zero-order chi connectivity index (χ0) is 25.7. The maximum atomic E-state index is 12.8. The molecule has 0 spiro atoms. The number of carbonyl (C=O) groups excluding carboxylic acids is 3. The van der Waals surface area contributed by atoms with Gasteiger partial charge in [-0.3, -0.25) is 14.5 Å². The van der Waals surface area contributed by atoms with Crippen molar-refractivity contribution >= 4 is 46.1 Å². The van der Waals surface area contributed by atoms with E-state index in [0.717, 1.165) is 11.1 Å². The lowest BCUT2D eigenvalue weighted by atomic mass is 10.1. The van der Waals surface area contributed by atoms with Crippen molar-refractivity contribution in [2.45, 2.75) is 33.1 Å². The molecule has 184 valence electrons. The summed E-state index contributed by atoms with van der Waals surface area (Å²) in [6.45, 7) is 3.16. The van der Waals surface area contributed by atoms with Gasteiger partial charge < -0.3 is 13.9 Å². The van der Waals surface area contributed by atoms with Gasteiger partial charge in [0, 0.05) is 25.8 Å². The van der Waals surface area contributed by atoms with Gasteiger partial charge >= 0.3 is 11.9 Å². The highest BCUT2D eigenvalue weighted by Gasteiger charge is 2.31. The summed E-state index contributed by atoms with van der Waals surface area (Å²) < 4.78 is 16.4. The molecule has 1 aliphatic heterocycles. The number of furan rings is 1. The molecule has 1 amide bonds. The first-order chi connectivity index (χ1) is 17.3. The number of nitrogens with zero attached hydrogens (tertiary/aromatic N) is 1. The topological polar surface area (TPSA) is 86.0 Å². The fourth-order valence-electron chi connectivity index (χ4n) is 3.52. The molecule has 0 bridgehead atoms. The number of esters is 2. The van der Waals surface area contributed by atoms with Gasteiger partial charge in [0.15, 0.2) is 0 Å². The van der Waals surface area contributed by atoms with Crippen molar-refractivity contribution in [2.24, 2.45) is 0 Å². The molecule has 1 aliphatic rings. The molecule has 2 heterocycles. The van der Waals surface area contributed by atoms with E-state index in [9.17, 15) is 14.4 Å². The number of thiocarbonyl (C=S) groups is 1. The van der Waals surface area contributed by atoms with E-state index in [-0.39, 0.29) is 5.91 Å². The molecular weight excluding hydrogens is 498 g/mol. The molecule has 1 unspecified atom stereocenters. The van der Waals surface area contributed by atoms with Crippen molar-refractivity contribution in [3.63, 3.8) is 0 Å². The normalized spacial score (nSPS) is 15.3. The first kappa shape index (κ1) is 25.4. The van der Waals surface area contributed by atoms with E-state index in [1.165, 1.54) is 25.6 Å². The summed E-state index contributed by atoms with van der Waals surface area (Å²) in [4.78, 5) is 38.2. The van der Waals surface area contributed by atoms with Crippen LogP contribution in [0.2, 0.25) is 0 Å². The molecule has 2 aromatic carbocycles. The Kier molecular flexibility index (Phi) is 8.02. The number of carbonyl (C=O) groups is 3. The maximum absolute atomic E-state index is 12.8. The molecule has 1 atom stereocenters. The number of hydrogen-bond acceptors (Lipinski definition) is 8. The van der Waals surface area contributed by atoms with Gasteiger partial charge in [-0.2, -0.15) is 0 Å². The number of benzene rings is 2. The van der Waals surface area contributed by atoms with E-state index < -0.39 is 18.2 Å². The van der Waals surface area contributed by atoms with E-state index in [1.54, 1.807) is 29.2 Å². The highest BCUT2D eigenvalue weighted by atomic mass is 32.2. The van der Waals surface area contributed by atoms with E-state index in [2.05, 4.69) is 0 Å². The monoisotopic (exact) mass is 521 g/mol. The van der Waals surface area contributed by atoms with Crippen LogP contribution in [0.1, 0.15) is 35.5 Å². The van der Waals surface area contributed by atoms with Crippen LogP contribution in [0.5, 0.6) is 0 Å². The zero-order valence-corrected chi connectivity index (χ0v) is 21.3.